The number of fused-ring (bicyclic) bond motifs is 1. The number of rotatable bonds is 6. The number of benzene rings is 3. The maximum Gasteiger partial charge on any atom is 0.287 e. The molecule has 4 nitrogen and oxygen atoms in total. The molecule has 3 aromatic carbocycles. The maximum atomic E-state index is 12.8. The van der Waals surface area contributed by atoms with Crippen LogP contribution in [0.2, 0.25) is 5.02 Å². The summed E-state index contributed by atoms with van der Waals surface area (Å²) in [5.74, 6) is 0.708. The molecular weight excluding hydrogens is 374 g/mol. The number of amides is 1. The molecule has 1 amide bonds. The van der Waals surface area contributed by atoms with Gasteiger partial charge in [-0.15, -0.1) is 0 Å². The summed E-state index contributed by atoms with van der Waals surface area (Å²) in [6.45, 7) is 0.594. The molecular formula is C23H18ClNO3. The topological polar surface area (TPSA) is 51.5 Å². The lowest BCUT2D eigenvalue weighted by molar-refractivity contribution is 0.0922. The molecule has 1 heterocycles. The van der Waals surface area contributed by atoms with Crippen molar-refractivity contribution in [3.05, 3.63) is 101 Å². The second-order valence-electron chi connectivity index (χ2n) is 6.32. The standard InChI is InChI=1S/C23H18ClNO3/c24-17-8-6-7-16(13-17)14-25-23(26)22-20(15-27-18-9-2-1-3-10-18)19-11-4-5-12-21(19)28-22/h1-13H,14-15H2,(H,25,26). The SMILES string of the molecule is O=C(NCc1cccc(Cl)c1)c1oc2ccccc2c1COc1ccccc1. The summed E-state index contributed by atoms with van der Waals surface area (Å²) in [5.41, 5.74) is 2.30. The summed E-state index contributed by atoms with van der Waals surface area (Å²) < 4.78 is 11.7. The quantitative estimate of drug-likeness (QED) is 0.465. The average Bonchev–Trinajstić information content (AvgIpc) is 3.10. The zero-order chi connectivity index (χ0) is 19.3. The highest BCUT2D eigenvalue weighted by atomic mass is 35.5. The Kier molecular flexibility index (Phi) is 5.31. The van der Waals surface area contributed by atoms with Crippen molar-refractivity contribution in [2.45, 2.75) is 13.2 Å². The first-order valence-corrected chi connectivity index (χ1v) is 9.29. The van der Waals surface area contributed by atoms with Crippen molar-refractivity contribution in [3.8, 4) is 5.75 Å². The van der Waals surface area contributed by atoms with Crippen molar-refractivity contribution in [3.63, 3.8) is 0 Å². The highest BCUT2D eigenvalue weighted by Crippen LogP contribution is 2.27. The predicted molar refractivity (Wildman–Crippen MR) is 110 cm³/mol. The normalized spacial score (nSPS) is 10.8. The molecule has 0 saturated carbocycles. The lowest BCUT2D eigenvalue weighted by Crippen LogP contribution is -2.23. The van der Waals surface area contributed by atoms with Crippen LogP contribution in [0.25, 0.3) is 11.0 Å². The number of para-hydroxylation sites is 2. The van der Waals surface area contributed by atoms with Crippen LogP contribution in [-0.2, 0) is 13.2 Å². The van der Waals surface area contributed by atoms with Crippen molar-refractivity contribution in [1.82, 2.24) is 5.32 Å². The third kappa shape index (κ3) is 4.02. The van der Waals surface area contributed by atoms with Crippen molar-refractivity contribution in [2.24, 2.45) is 0 Å². The Morgan fingerprint density at radius 3 is 2.57 bits per heavy atom. The zero-order valence-electron chi connectivity index (χ0n) is 15.0. The molecule has 5 heteroatoms. The van der Waals surface area contributed by atoms with Crippen molar-refractivity contribution < 1.29 is 13.9 Å². The fraction of sp³-hybridized carbons (Fsp3) is 0.0870. The second kappa shape index (κ2) is 8.19. The minimum absolute atomic E-state index is 0.237. The van der Waals surface area contributed by atoms with Crippen LogP contribution >= 0.6 is 11.6 Å². The van der Waals surface area contributed by atoms with Gasteiger partial charge >= 0.3 is 0 Å². The minimum Gasteiger partial charge on any atom is -0.489 e. The first-order valence-electron chi connectivity index (χ1n) is 8.91. The van der Waals surface area contributed by atoms with Gasteiger partial charge < -0.3 is 14.5 Å². The van der Waals surface area contributed by atoms with Gasteiger partial charge in [0.1, 0.15) is 17.9 Å². The van der Waals surface area contributed by atoms with Gasteiger partial charge in [-0.3, -0.25) is 4.79 Å². The average molecular weight is 392 g/mol. The highest BCUT2D eigenvalue weighted by molar-refractivity contribution is 6.30. The molecule has 1 N–H and O–H groups in total. The molecule has 28 heavy (non-hydrogen) atoms. The van der Waals surface area contributed by atoms with E-state index in [-0.39, 0.29) is 18.3 Å². The molecule has 4 aromatic rings. The molecule has 0 saturated heterocycles. The van der Waals surface area contributed by atoms with E-state index < -0.39 is 0 Å². The number of nitrogens with one attached hydrogen (secondary N) is 1. The van der Waals surface area contributed by atoms with Crippen LogP contribution in [0, 0.1) is 0 Å². The van der Waals surface area contributed by atoms with Crippen LogP contribution in [-0.4, -0.2) is 5.91 Å². The number of carbonyl (C=O) groups excluding carboxylic acids is 1. The molecule has 1 aromatic heterocycles. The van der Waals surface area contributed by atoms with Crippen LogP contribution in [0.4, 0.5) is 0 Å². The van der Waals surface area contributed by atoms with Crippen molar-refractivity contribution in [2.75, 3.05) is 0 Å². The van der Waals surface area contributed by atoms with E-state index in [1.807, 2.05) is 72.8 Å². The van der Waals surface area contributed by atoms with Gasteiger partial charge in [0, 0.05) is 22.5 Å². The van der Waals surface area contributed by atoms with Crippen molar-refractivity contribution in [1.29, 1.82) is 0 Å². The van der Waals surface area contributed by atoms with E-state index in [2.05, 4.69) is 5.32 Å². The van der Waals surface area contributed by atoms with Crippen LogP contribution < -0.4 is 10.1 Å². The summed E-state index contributed by atoms with van der Waals surface area (Å²) >= 11 is 6.01. The van der Waals surface area contributed by atoms with Gasteiger partial charge in [0.05, 0.1) is 0 Å². The molecule has 140 valence electrons. The summed E-state index contributed by atoms with van der Waals surface area (Å²) in [5, 5.41) is 4.39. The molecule has 0 radical (unpaired) electrons. The van der Waals surface area contributed by atoms with E-state index in [9.17, 15) is 4.79 Å². The highest BCUT2D eigenvalue weighted by Gasteiger charge is 2.21. The molecule has 0 unspecified atom stereocenters. The van der Waals surface area contributed by atoms with Gasteiger partial charge in [-0.1, -0.05) is 60.1 Å². The third-order valence-electron chi connectivity index (χ3n) is 4.37. The van der Waals surface area contributed by atoms with Gasteiger partial charge in [0.2, 0.25) is 0 Å². The molecule has 0 fully saturated rings. The van der Waals surface area contributed by atoms with Crippen LogP contribution in [0.1, 0.15) is 21.7 Å². The molecule has 0 aliphatic carbocycles. The van der Waals surface area contributed by atoms with E-state index in [1.165, 1.54) is 0 Å². The van der Waals surface area contributed by atoms with Crippen LogP contribution in [0.15, 0.2) is 83.3 Å². The number of halogens is 1. The Morgan fingerprint density at radius 1 is 0.964 bits per heavy atom. The van der Waals surface area contributed by atoms with Gasteiger partial charge in [0.15, 0.2) is 5.76 Å². The lowest BCUT2D eigenvalue weighted by Gasteiger charge is -2.08. The second-order valence-corrected chi connectivity index (χ2v) is 6.76. The van der Waals surface area contributed by atoms with E-state index in [0.717, 1.165) is 22.3 Å². The van der Waals surface area contributed by atoms with E-state index >= 15 is 0 Å². The molecule has 0 aliphatic rings. The molecule has 0 bridgehead atoms. The Balaban J connectivity index is 1.57. The Bertz CT molecular complexity index is 1110. The first kappa shape index (κ1) is 18.1. The maximum absolute atomic E-state index is 12.8. The molecule has 0 spiro atoms. The largest absolute Gasteiger partial charge is 0.489 e. The Labute approximate surface area is 167 Å². The van der Waals surface area contributed by atoms with Crippen molar-refractivity contribution >= 4 is 28.5 Å². The van der Waals surface area contributed by atoms with E-state index in [1.54, 1.807) is 6.07 Å². The lowest BCUT2D eigenvalue weighted by atomic mass is 10.1. The van der Waals surface area contributed by atoms with E-state index in [4.69, 9.17) is 20.8 Å². The first-order chi connectivity index (χ1) is 13.7. The summed E-state index contributed by atoms with van der Waals surface area (Å²) in [4.78, 5) is 12.8. The number of hydrogen-bond acceptors (Lipinski definition) is 3. The van der Waals surface area contributed by atoms with Gasteiger partial charge in [-0.05, 0) is 35.9 Å². The van der Waals surface area contributed by atoms with Crippen LogP contribution in [0.3, 0.4) is 0 Å². The molecule has 4 rings (SSSR count). The van der Waals surface area contributed by atoms with Gasteiger partial charge in [-0.25, -0.2) is 0 Å². The predicted octanol–water partition coefficient (Wildman–Crippen LogP) is 5.60. The van der Waals surface area contributed by atoms with Gasteiger partial charge in [-0.2, -0.15) is 0 Å². The summed E-state index contributed by atoms with van der Waals surface area (Å²) in [6.07, 6.45) is 0. The summed E-state index contributed by atoms with van der Waals surface area (Å²) in [7, 11) is 0. The van der Waals surface area contributed by atoms with E-state index in [0.29, 0.717) is 17.2 Å². The fourth-order valence-electron chi connectivity index (χ4n) is 3.01. The zero-order valence-corrected chi connectivity index (χ0v) is 15.8. The fourth-order valence-corrected chi connectivity index (χ4v) is 3.22. The van der Waals surface area contributed by atoms with Gasteiger partial charge in [0.25, 0.3) is 5.91 Å². The number of furan rings is 1. The third-order valence-corrected chi connectivity index (χ3v) is 4.61. The van der Waals surface area contributed by atoms with Crippen LogP contribution in [0.5, 0.6) is 5.75 Å². The monoisotopic (exact) mass is 391 g/mol. The molecule has 0 aliphatic heterocycles. The minimum atomic E-state index is -0.289. The summed E-state index contributed by atoms with van der Waals surface area (Å²) in [6, 6.07) is 24.4. The smallest absolute Gasteiger partial charge is 0.287 e. The number of ether oxygens (including phenoxy) is 1. The molecule has 0 atom stereocenters. The Morgan fingerprint density at radius 2 is 1.75 bits per heavy atom. The Hall–Kier alpha value is -3.24. The number of hydrogen-bond donors (Lipinski definition) is 1. The number of carbonyl (C=O) groups is 1.